The molecule has 0 bridgehead atoms. The van der Waals surface area contributed by atoms with Crippen LogP contribution >= 0.6 is 23.2 Å². The number of hydrogen-bond acceptors (Lipinski definition) is 5. The maximum Gasteiger partial charge on any atom is 0.244 e. The van der Waals surface area contributed by atoms with Gasteiger partial charge in [-0.15, -0.1) is 0 Å². The molecule has 0 radical (unpaired) electrons. The lowest BCUT2D eigenvalue weighted by Crippen LogP contribution is -2.49. The van der Waals surface area contributed by atoms with Gasteiger partial charge in [0.2, 0.25) is 10.0 Å². The maximum absolute atomic E-state index is 13.1. The zero-order valence-corrected chi connectivity index (χ0v) is 21.8. The van der Waals surface area contributed by atoms with Crippen LogP contribution in [0.15, 0.2) is 77.7 Å². The van der Waals surface area contributed by atoms with Crippen LogP contribution in [0.3, 0.4) is 0 Å². The molecule has 0 aromatic heterocycles. The number of rotatable bonds is 9. The Kier molecular flexibility index (Phi) is 8.70. The first-order valence-corrected chi connectivity index (χ1v) is 13.5. The summed E-state index contributed by atoms with van der Waals surface area (Å²) in [5, 5.41) is 0.905. The van der Waals surface area contributed by atoms with E-state index in [1.54, 1.807) is 31.4 Å². The van der Waals surface area contributed by atoms with Gasteiger partial charge in [0, 0.05) is 37.7 Å². The minimum atomic E-state index is -3.64. The molecule has 0 unspecified atom stereocenters. The normalized spacial score (nSPS) is 16.2. The second-order valence-corrected chi connectivity index (χ2v) is 11.1. The number of methoxy groups -OCH3 is 1. The van der Waals surface area contributed by atoms with Crippen LogP contribution in [0, 0.1) is 0 Å². The Morgan fingerprint density at radius 1 is 0.914 bits per heavy atom. The van der Waals surface area contributed by atoms with Crippen molar-refractivity contribution >= 4 is 33.2 Å². The van der Waals surface area contributed by atoms with Crippen molar-refractivity contribution in [3.63, 3.8) is 0 Å². The van der Waals surface area contributed by atoms with E-state index < -0.39 is 10.0 Å². The van der Waals surface area contributed by atoms with Crippen LogP contribution in [-0.4, -0.2) is 57.5 Å². The molecule has 6 nitrogen and oxygen atoms in total. The van der Waals surface area contributed by atoms with Crippen LogP contribution in [0.2, 0.25) is 10.0 Å². The Labute approximate surface area is 217 Å². The van der Waals surface area contributed by atoms with E-state index in [1.165, 1.54) is 4.31 Å². The number of halogens is 2. The smallest absolute Gasteiger partial charge is 0.244 e. The standard InChI is InChI=1S/C26H28Cl2N2O4S/c1-33-23-6-4-5-20(17-23)19-34-25(21-9-11-22(27)12-10-21)18-29-13-15-30(16-14-29)35(31,32)26-8-3-2-7-24(26)28/h2-12,17,25H,13-16,18-19H2,1H3/t25-/m1/s1. The summed E-state index contributed by atoms with van der Waals surface area (Å²) in [5.74, 6) is 0.782. The van der Waals surface area contributed by atoms with E-state index in [9.17, 15) is 8.42 Å². The Bertz CT molecular complexity index is 1230. The molecule has 0 saturated carbocycles. The first-order chi connectivity index (χ1) is 16.9. The van der Waals surface area contributed by atoms with Gasteiger partial charge in [-0.1, -0.05) is 59.6 Å². The number of nitrogens with zero attached hydrogens (tertiary/aromatic N) is 2. The van der Waals surface area contributed by atoms with E-state index in [0.717, 1.165) is 16.9 Å². The van der Waals surface area contributed by atoms with E-state index in [4.69, 9.17) is 32.7 Å². The van der Waals surface area contributed by atoms with Crippen LogP contribution in [-0.2, 0) is 21.4 Å². The lowest BCUT2D eigenvalue weighted by atomic mass is 10.1. The molecule has 3 aromatic carbocycles. The van der Waals surface area contributed by atoms with Gasteiger partial charge in [-0.2, -0.15) is 4.31 Å². The first-order valence-electron chi connectivity index (χ1n) is 11.3. The third-order valence-corrected chi connectivity index (χ3v) is 8.69. The van der Waals surface area contributed by atoms with Crippen molar-refractivity contribution in [2.45, 2.75) is 17.6 Å². The second kappa shape index (κ2) is 11.7. The van der Waals surface area contributed by atoms with Crippen molar-refractivity contribution in [1.29, 1.82) is 0 Å². The van der Waals surface area contributed by atoms with Crippen LogP contribution in [0.4, 0.5) is 0 Å². The van der Waals surface area contributed by atoms with E-state index in [2.05, 4.69) is 4.90 Å². The van der Waals surface area contributed by atoms with E-state index >= 15 is 0 Å². The number of ether oxygens (including phenoxy) is 2. The molecule has 1 heterocycles. The SMILES string of the molecule is COc1cccc(CO[C@H](CN2CCN(S(=O)(=O)c3ccccc3Cl)CC2)c2ccc(Cl)cc2)c1. The van der Waals surface area contributed by atoms with Crippen molar-refractivity contribution in [3.8, 4) is 5.75 Å². The van der Waals surface area contributed by atoms with Crippen LogP contribution in [0.1, 0.15) is 17.2 Å². The molecule has 1 atom stereocenters. The highest BCUT2D eigenvalue weighted by Gasteiger charge is 2.31. The Balaban J connectivity index is 1.43. The minimum Gasteiger partial charge on any atom is -0.497 e. The highest BCUT2D eigenvalue weighted by Crippen LogP contribution is 2.27. The van der Waals surface area contributed by atoms with Gasteiger partial charge >= 0.3 is 0 Å². The zero-order chi connectivity index (χ0) is 24.8. The molecule has 1 aliphatic heterocycles. The molecule has 35 heavy (non-hydrogen) atoms. The number of sulfonamides is 1. The summed E-state index contributed by atoms with van der Waals surface area (Å²) in [6.45, 7) is 3.01. The van der Waals surface area contributed by atoms with Crippen LogP contribution in [0.5, 0.6) is 5.75 Å². The number of benzene rings is 3. The molecule has 0 amide bonds. The molecule has 1 aliphatic rings. The average Bonchev–Trinajstić information content (AvgIpc) is 2.87. The number of piperazine rings is 1. The molecule has 4 rings (SSSR count). The topological polar surface area (TPSA) is 59.1 Å². The maximum atomic E-state index is 13.1. The van der Waals surface area contributed by atoms with Crippen molar-refractivity contribution in [1.82, 2.24) is 9.21 Å². The minimum absolute atomic E-state index is 0.149. The molecule has 0 spiro atoms. The predicted octanol–water partition coefficient (Wildman–Crippen LogP) is 5.27. The van der Waals surface area contributed by atoms with Gasteiger partial charge < -0.3 is 9.47 Å². The summed E-state index contributed by atoms with van der Waals surface area (Å²) < 4.78 is 39.3. The van der Waals surface area contributed by atoms with Crippen LogP contribution < -0.4 is 4.74 Å². The summed E-state index contributed by atoms with van der Waals surface area (Å²) in [6.07, 6.45) is -0.204. The zero-order valence-electron chi connectivity index (χ0n) is 19.4. The van der Waals surface area contributed by atoms with Gasteiger partial charge in [0.25, 0.3) is 0 Å². The third kappa shape index (κ3) is 6.55. The van der Waals surface area contributed by atoms with Gasteiger partial charge in [0.1, 0.15) is 10.6 Å². The van der Waals surface area contributed by atoms with Gasteiger partial charge in [0.05, 0.1) is 24.8 Å². The number of hydrogen-bond donors (Lipinski definition) is 0. The van der Waals surface area contributed by atoms with Gasteiger partial charge in [0.15, 0.2) is 0 Å². The molecule has 0 aliphatic carbocycles. The molecule has 1 saturated heterocycles. The van der Waals surface area contributed by atoms with E-state index in [0.29, 0.717) is 44.4 Å². The first kappa shape index (κ1) is 25.9. The van der Waals surface area contributed by atoms with Crippen molar-refractivity contribution < 1.29 is 17.9 Å². The summed E-state index contributed by atoms with van der Waals surface area (Å²) in [6, 6.07) is 22.0. The second-order valence-electron chi connectivity index (χ2n) is 8.34. The predicted molar refractivity (Wildman–Crippen MR) is 139 cm³/mol. The van der Waals surface area contributed by atoms with Crippen LogP contribution in [0.25, 0.3) is 0 Å². The highest BCUT2D eigenvalue weighted by atomic mass is 35.5. The molecule has 9 heteroatoms. The monoisotopic (exact) mass is 534 g/mol. The van der Waals surface area contributed by atoms with Crippen molar-refractivity contribution in [2.75, 3.05) is 39.8 Å². The summed E-state index contributed by atoms with van der Waals surface area (Å²) in [4.78, 5) is 2.37. The molecule has 3 aromatic rings. The van der Waals surface area contributed by atoms with Gasteiger partial charge in [-0.25, -0.2) is 8.42 Å². The van der Waals surface area contributed by atoms with Crippen molar-refractivity contribution in [3.05, 3.63) is 94.0 Å². The average molecular weight is 535 g/mol. The quantitative estimate of drug-likeness (QED) is 0.374. The van der Waals surface area contributed by atoms with Crippen molar-refractivity contribution in [2.24, 2.45) is 0 Å². The largest absolute Gasteiger partial charge is 0.497 e. The van der Waals surface area contributed by atoms with Gasteiger partial charge in [-0.05, 0) is 47.5 Å². The molecular formula is C26H28Cl2N2O4S. The lowest BCUT2D eigenvalue weighted by molar-refractivity contribution is 0.00767. The Morgan fingerprint density at radius 2 is 1.63 bits per heavy atom. The van der Waals surface area contributed by atoms with E-state index in [1.807, 2.05) is 48.5 Å². The van der Waals surface area contributed by atoms with E-state index in [-0.39, 0.29) is 16.0 Å². The fourth-order valence-electron chi connectivity index (χ4n) is 4.07. The molecule has 186 valence electrons. The summed E-state index contributed by atoms with van der Waals surface area (Å²) in [5.41, 5.74) is 2.03. The fourth-order valence-corrected chi connectivity index (χ4v) is 6.11. The third-order valence-electron chi connectivity index (χ3n) is 6.04. The Hall–Kier alpha value is -2.13. The van der Waals surface area contributed by atoms with Gasteiger partial charge in [-0.3, -0.25) is 4.90 Å². The molecule has 1 fully saturated rings. The fraction of sp³-hybridized carbons (Fsp3) is 0.308. The summed E-state index contributed by atoms with van der Waals surface area (Å²) in [7, 11) is -2.00. The Morgan fingerprint density at radius 3 is 2.31 bits per heavy atom. The molecular weight excluding hydrogens is 507 g/mol. The lowest BCUT2D eigenvalue weighted by Gasteiger charge is -2.36. The molecule has 0 N–H and O–H groups in total. The highest BCUT2D eigenvalue weighted by molar-refractivity contribution is 7.89. The summed E-state index contributed by atoms with van der Waals surface area (Å²) >= 11 is 12.3.